The summed E-state index contributed by atoms with van der Waals surface area (Å²) in [4.78, 5) is 12.3. The van der Waals surface area contributed by atoms with Gasteiger partial charge in [0.2, 0.25) is 5.91 Å². The van der Waals surface area contributed by atoms with Crippen LogP contribution in [0.1, 0.15) is 25.0 Å². The standard InChI is InChI=1S/C18H19N3O3S/c1-3-12-7-5-8-13(4-2)16(12)19-15(22)11-25-18-21-20-17(24-18)14-9-6-10-23-14/h5-10H,3-4,11H2,1-2H3,(H,19,22). The molecule has 0 atom stereocenters. The van der Waals surface area contributed by atoms with Crippen molar-refractivity contribution in [1.82, 2.24) is 10.2 Å². The van der Waals surface area contributed by atoms with E-state index in [9.17, 15) is 4.79 Å². The molecule has 3 rings (SSSR count). The summed E-state index contributed by atoms with van der Waals surface area (Å²) in [5, 5.41) is 11.2. The minimum Gasteiger partial charge on any atom is -0.459 e. The van der Waals surface area contributed by atoms with Gasteiger partial charge in [-0.25, -0.2) is 0 Å². The molecule has 0 radical (unpaired) electrons. The first-order chi connectivity index (χ1) is 12.2. The number of nitrogens with zero attached hydrogens (tertiary/aromatic N) is 2. The molecule has 0 unspecified atom stereocenters. The molecule has 0 saturated heterocycles. The van der Waals surface area contributed by atoms with Gasteiger partial charge in [0.25, 0.3) is 11.1 Å². The Morgan fingerprint density at radius 3 is 2.52 bits per heavy atom. The summed E-state index contributed by atoms with van der Waals surface area (Å²) in [7, 11) is 0. The highest BCUT2D eigenvalue weighted by molar-refractivity contribution is 7.99. The first-order valence-electron chi connectivity index (χ1n) is 8.12. The fraction of sp³-hybridized carbons (Fsp3) is 0.278. The third-order valence-electron chi connectivity index (χ3n) is 3.73. The van der Waals surface area contributed by atoms with E-state index in [1.54, 1.807) is 12.1 Å². The molecule has 1 N–H and O–H groups in total. The predicted octanol–water partition coefficient (Wildman–Crippen LogP) is 4.19. The second kappa shape index (κ2) is 8.02. The Balaban J connectivity index is 1.62. The zero-order valence-corrected chi connectivity index (χ0v) is 14.9. The van der Waals surface area contributed by atoms with Crippen molar-refractivity contribution in [3.63, 3.8) is 0 Å². The Labute approximate surface area is 150 Å². The second-order valence-corrected chi connectivity index (χ2v) is 6.27. The lowest BCUT2D eigenvalue weighted by molar-refractivity contribution is -0.113. The number of amides is 1. The lowest BCUT2D eigenvalue weighted by atomic mass is 10.0. The third kappa shape index (κ3) is 4.11. The first-order valence-corrected chi connectivity index (χ1v) is 9.10. The minimum absolute atomic E-state index is 0.0988. The number of carbonyl (C=O) groups excluding carboxylic acids is 1. The molecule has 0 bridgehead atoms. The van der Waals surface area contributed by atoms with E-state index >= 15 is 0 Å². The Morgan fingerprint density at radius 1 is 1.12 bits per heavy atom. The van der Waals surface area contributed by atoms with Crippen molar-refractivity contribution in [1.29, 1.82) is 0 Å². The quantitative estimate of drug-likeness (QED) is 0.639. The maximum atomic E-state index is 12.3. The highest BCUT2D eigenvalue weighted by atomic mass is 32.2. The number of para-hydroxylation sites is 1. The number of thioether (sulfide) groups is 1. The highest BCUT2D eigenvalue weighted by Gasteiger charge is 2.14. The number of hydrogen-bond acceptors (Lipinski definition) is 6. The third-order valence-corrected chi connectivity index (χ3v) is 4.55. The van der Waals surface area contributed by atoms with Crippen LogP contribution in [0.4, 0.5) is 5.69 Å². The van der Waals surface area contributed by atoms with Crippen molar-refractivity contribution < 1.29 is 13.6 Å². The maximum Gasteiger partial charge on any atom is 0.284 e. The zero-order valence-electron chi connectivity index (χ0n) is 14.1. The van der Waals surface area contributed by atoms with Gasteiger partial charge >= 0.3 is 0 Å². The van der Waals surface area contributed by atoms with Crippen LogP contribution in [0.15, 0.2) is 50.7 Å². The Hall–Kier alpha value is -2.54. The van der Waals surface area contributed by atoms with Gasteiger partial charge in [-0.05, 0) is 36.1 Å². The van der Waals surface area contributed by atoms with E-state index in [1.165, 1.54) is 18.0 Å². The van der Waals surface area contributed by atoms with Gasteiger partial charge in [0.05, 0.1) is 12.0 Å². The van der Waals surface area contributed by atoms with Gasteiger partial charge in [0, 0.05) is 5.69 Å². The molecule has 0 aliphatic carbocycles. The van der Waals surface area contributed by atoms with Gasteiger partial charge in [0.1, 0.15) is 0 Å². The monoisotopic (exact) mass is 357 g/mol. The largest absolute Gasteiger partial charge is 0.459 e. The number of nitrogens with one attached hydrogen (secondary N) is 1. The molecule has 0 spiro atoms. The van der Waals surface area contributed by atoms with Crippen molar-refractivity contribution >= 4 is 23.4 Å². The molecule has 0 aliphatic heterocycles. The van der Waals surface area contributed by atoms with Crippen molar-refractivity contribution in [3.05, 3.63) is 47.7 Å². The summed E-state index contributed by atoms with van der Waals surface area (Å²) < 4.78 is 10.7. The van der Waals surface area contributed by atoms with Crippen LogP contribution in [0, 0.1) is 0 Å². The molecule has 2 heterocycles. The molecule has 3 aromatic rings. The fourth-order valence-electron chi connectivity index (χ4n) is 2.47. The van der Waals surface area contributed by atoms with Gasteiger partial charge in [-0.1, -0.05) is 43.8 Å². The van der Waals surface area contributed by atoms with Crippen LogP contribution in [0.25, 0.3) is 11.7 Å². The molecular formula is C18H19N3O3S. The van der Waals surface area contributed by atoms with Crippen molar-refractivity contribution in [3.8, 4) is 11.7 Å². The summed E-state index contributed by atoms with van der Waals surface area (Å²) in [6.45, 7) is 4.15. The van der Waals surface area contributed by atoms with Crippen LogP contribution in [0.2, 0.25) is 0 Å². The molecule has 25 heavy (non-hydrogen) atoms. The van der Waals surface area contributed by atoms with Gasteiger partial charge in [-0.15, -0.1) is 10.2 Å². The number of carbonyl (C=O) groups is 1. The normalized spacial score (nSPS) is 10.8. The van der Waals surface area contributed by atoms with Crippen LogP contribution < -0.4 is 5.32 Å². The number of furan rings is 1. The average Bonchev–Trinajstić information content (AvgIpc) is 3.31. The molecule has 2 aromatic heterocycles. The Morgan fingerprint density at radius 2 is 1.88 bits per heavy atom. The first kappa shape index (κ1) is 17.3. The van der Waals surface area contributed by atoms with Crippen molar-refractivity contribution in [2.75, 3.05) is 11.1 Å². The van der Waals surface area contributed by atoms with E-state index in [1.807, 2.05) is 18.2 Å². The van der Waals surface area contributed by atoms with Crippen molar-refractivity contribution in [2.24, 2.45) is 0 Å². The lowest BCUT2D eigenvalue weighted by Crippen LogP contribution is -2.16. The Kier molecular flexibility index (Phi) is 5.55. The van der Waals surface area contributed by atoms with E-state index in [2.05, 4.69) is 29.4 Å². The van der Waals surface area contributed by atoms with Crippen LogP contribution in [-0.4, -0.2) is 21.9 Å². The molecule has 130 valence electrons. The van der Waals surface area contributed by atoms with Gasteiger partial charge in [-0.2, -0.15) is 0 Å². The van der Waals surface area contributed by atoms with E-state index in [0.29, 0.717) is 16.9 Å². The summed E-state index contributed by atoms with van der Waals surface area (Å²) in [6.07, 6.45) is 3.27. The molecule has 0 fully saturated rings. The highest BCUT2D eigenvalue weighted by Crippen LogP contribution is 2.25. The van der Waals surface area contributed by atoms with Crippen LogP contribution in [-0.2, 0) is 17.6 Å². The molecule has 6 nitrogen and oxygen atoms in total. The van der Waals surface area contributed by atoms with Gasteiger partial charge in [-0.3, -0.25) is 4.79 Å². The smallest absolute Gasteiger partial charge is 0.284 e. The number of benzene rings is 1. The number of hydrogen-bond donors (Lipinski definition) is 1. The summed E-state index contributed by atoms with van der Waals surface area (Å²) >= 11 is 1.20. The molecule has 1 amide bonds. The second-order valence-electron chi connectivity index (χ2n) is 5.35. The fourth-order valence-corrected chi connectivity index (χ4v) is 3.04. The molecule has 0 aliphatic rings. The van der Waals surface area contributed by atoms with E-state index in [0.717, 1.165) is 29.7 Å². The topological polar surface area (TPSA) is 81.2 Å². The summed E-state index contributed by atoms with van der Waals surface area (Å²) in [5.41, 5.74) is 3.19. The maximum absolute atomic E-state index is 12.3. The van der Waals surface area contributed by atoms with Crippen LogP contribution in [0.5, 0.6) is 0 Å². The number of aromatic nitrogens is 2. The molecule has 7 heteroatoms. The Bertz CT molecular complexity index is 821. The predicted molar refractivity (Wildman–Crippen MR) is 96.6 cm³/mol. The van der Waals surface area contributed by atoms with E-state index in [-0.39, 0.29) is 11.7 Å². The SMILES string of the molecule is CCc1cccc(CC)c1NC(=O)CSc1nnc(-c2ccco2)o1. The minimum atomic E-state index is -0.0988. The van der Waals surface area contributed by atoms with Crippen molar-refractivity contribution in [2.45, 2.75) is 31.9 Å². The molecule has 1 aromatic carbocycles. The molecular weight excluding hydrogens is 338 g/mol. The van der Waals surface area contributed by atoms with E-state index in [4.69, 9.17) is 8.83 Å². The lowest BCUT2D eigenvalue weighted by Gasteiger charge is -2.13. The van der Waals surface area contributed by atoms with Crippen LogP contribution in [0.3, 0.4) is 0 Å². The average molecular weight is 357 g/mol. The summed E-state index contributed by atoms with van der Waals surface area (Å²) in [6, 6.07) is 9.58. The zero-order chi connectivity index (χ0) is 17.6. The number of anilines is 1. The van der Waals surface area contributed by atoms with Crippen LogP contribution >= 0.6 is 11.8 Å². The van der Waals surface area contributed by atoms with E-state index < -0.39 is 0 Å². The summed E-state index contributed by atoms with van der Waals surface area (Å²) in [5.74, 6) is 0.908. The number of aryl methyl sites for hydroxylation is 2. The molecule has 0 saturated carbocycles. The van der Waals surface area contributed by atoms with Gasteiger partial charge < -0.3 is 14.2 Å². The van der Waals surface area contributed by atoms with Gasteiger partial charge in [0.15, 0.2) is 5.76 Å². The number of rotatable bonds is 7.